The van der Waals surface area contributed by atoms with E-state index in [1.807, 2.05) is 11.5 Å². The van der Waals surface area contributed by atoms with Crippen molar-refractivity contribution in [2.45, 2.75) is 56.0 Å². The smallest absolute Gasteiger partial charge is 0.243 e. The first-order valence-electron chi connectivity index (χ1n) is 10.5. The first-order chi connectivity index (χ1) is 14.9. The average molecular weight is 440 g/mol. The van der Waals surface area contributed by atoms with Gasteiger partial charge in [-0.25, -0.2) is 27.5 Å². The van der Waals surface area contributed by atoms with Crippen molar-refractivity contribution in [1.29, 1.82) is 5.26 Å². The summed E-state index contributed by atoms with van der Waals surface area (Å²) in [5.74, 6) is 0.223. The largest absolute Gasteiger partial charge is 0.334 e. The number of sulfonamides is 1. The minimum absolute atomic E-state index is 0.0143. The van der Waals surface area contributed by atoms with Gasteiger partial charge in [0.05, 0.1) is 23.5 Å². The molecule has 1 aromatic carbocycles. The zero-order valence-electron chi connectivity index (χ0n) is 17.0. The Balaban J connectivity index is 1.58. The van der Waals surface area contributed by atoms with Crippen LogP contribution < -0.4 is 4.72 Å². The maximum absolute atomic E-state index is 13.9. The first-order valence-corrected chi connectivity index (χ1v) is 12.0. The quantitative estimate of drug-likeness (QED) is 0.628. The Morgan fingerprint density at radius 1 is 1.23 bits per heavy atom. The molecule has 2 aliphatic carbocycles. The van der Waals surface area contributed by atoms with Crippen molar-refractivity contribution in [1.82, 2.24) is 19.3 Å². The van der Waals surface area contributed by atoms with Crippen molar-refractivity contribution in [3.05, 3.63) is 42.0 Å². The fourth-order valence-corrected chi connectivity index (χ4v) is 5.43. The van der Waals surface area contributed by atoms with Crippen LogP contribution in [0.25, 0.3) is 22.4 Å². The lowest BCUT2D eigenvalue weighted by Gasteiger charge is -2.29. The van der Waals surface area contributed by atoms with Gasteiger partial charge in [0.25, 0.3) is 0 Å². The molecule has 2 aliphatic rings. The van der Waals surface area contributed by atoms with Crippen LogP contribution in [-0.4, -0.2) is 29.0 Å². The van der Waals surface area contributed by atoms with Crippen LogP contribution in [0.3, 0.4) is 0 Å². The molecule has 2 heterocycles. The van der Waals surface area contributed by atoms with Gasteiger partial charge in [-0.15, -0.1) is 0 Å². The van der Waals surface area contributed by atoms with Gasteiger partial charge in [-0.1, -0.05) is 0 Å². The third-order valence-corrected chi connectivity index (χ3v) is 7.85. The van der Waals surface area contributed by atoms with Gasteiger partial charge in [-0.3, -0.25) is 0 Å². The number of fused-ring (bicyclic) bond motifs is 1. The summed E-state index contributed by atoms with van der Waals surface area (Å²) in [4.78, 5) is 8.62. The third kappa shape index (κ3) is 3.50. The van der Waals surface area contributed by atoms with E-state index in [2.05, 4.69) is 20.8 Å². The van der Waals surface area contributed by atoms with Crippen LogP contribution in [0.2, 0.25) is 0 Å². The molecule has 3 aromatic rings. The van der Waals surface area contributed by atoms with Gasteiger partial charge in [-0.05, 0) is 63.1 Å². The molecule has 0 spiro atoms. The van der Waals surface area contributed by atoms with Crippen molar-refractivity contribution in [3.8, 4) is 17.6 Å². The summed E-state index contributed by atoms with van der Waals surface area (Å²) < 4.78 is 43.9. The van der Waals surface area contributed by atoms with Crippen LogP contribution in [0.4, 0.5) is 4.39 Å². The van der Waals surface area contributed by atoms with E-state index in [9.17, 15) is 18.1 Å². The van der Waals surface area contributed by atoms with Crippen molar-refractivity contribution in [2.24, 2.45) is 5.92 Å². The monoisotopic (exact) mass is 439 g/mol. The van der Waals surface area contributed by atoms with Crippen molar-refractivity contribution in [3.63, 3.8) is 0 Å². The molecule has 2 aromatic heterocycles. The molecule has 9 heteroatoms. The van der Waals surface area contributed by atoms with Crippen molar-refractivity contribution < 1.29 is 12.8 Å². The highest BCUT2D eigenvalue weighted by Gasteiger charge is 2.32. The molecule has 160 valence electrons. The van der Waals surface area contributed by atoms with Crippen LogP contribution in [0.5, 0.6) is 0 Å². The number of hydrogen-bond donors (Lipinski definition) is 1. The second-order valence-electron chi connectivity index (χ2n) is 8.44. The summed E-state index contributed by atoms with van der Waals surface area (Å²) in [5, 5.41) is 10.4. The summed E-state index contributed by atoms with van der Waals surface area (Å²) in [5.41, 5.74) is 1.58. The second kappa shape index (κ2) is 7.39. The van der Waals surface area contributed by atoms with E-state index in [-0.39, 0.29) is 22.8 Å². The Kier molecular flexibility index (Phi) is 4.79. The number of nitrogens with one attached hydrogen (secondary N) is 1. The second-order valence-corrected chi connectivity index (χ2v) is 10.2. The maximum Gasteiger partial charge on any atom is 0.243 e. The number of benzene rings is 1. The summed E-state index contributed by atoms with van der Waals surface area (Å²) >= 11 is 0. The Morgan fingerprint density at radius 2 is 1.94 bits per heavy atom. The molecular weight excluding hydrogens is 417 g/mol. The maximum atomic E-state index is 13.9. The van der Waals surface area contributed by atoms with Gasteiger partial charge in [0.1, 0.15) is 22.5 Å². The van der Waals surface area contributed by atoms with Crippen LogP contribution in [0.15, 0.2) is 35.5 Å². The fraction of sp³-hybridized carbons (Fsp3) is 0.409. The van der Waals surface area contributed by atoms with Gasteiger partial charge < -0.3 is 4.57 Å². The molecule has 0 saturated heterocycles. The summed E-state index contributed by atoms with van der Waals surface area (Å²) in [7, 11) is -3.73. The van der Waals surface area contributed by atoms with E-state index in [0.29, 0.717) is 22.6 Å². The Labute approximate surface area is 180 Å². The first kappa shape index (κ1) is 20.1. The molecule has 2 saturated carbocycles. The molecule has 0 bridgehead atoms. The zero-order chi connectivity index (χ0) is 21.8. The Morgan fingerprint density at radius 3 is 2.52 bits per heavy atom. The molecule has 0 aliphatic heterocycles. The highest BCUT2D eigenvalue weighted by atomic mass is 32.2. The van der Waals surface area contributed by atoms with Crippen molar-refractivity contribution in [2.75, 3.05) is 0 Å². The van der Waals surface area contributed by atoms with Gasteiger partial charge in [0.2, 0.25) is 10.0 Å². The highest BCUT2D eigenvalue weighted by Crippen LogP contribution is 2.41. The van der Waals surface area contributed by atoms with E-state index in [1.54, 1.807) is 6.07 Å². The lowest BCUT2D eigenvalue weighted by atomic mass is 9.92. The Hall–Kier alpha value is -2.83. The van der Waals surface area contributed by atoms with E-state index < -0.39 is 15.8 Å². The number of nitriles is 1. The molecule has 7 nitrogen and oxygen atoms in total. The zero-order valence-corrected chi connectivity index (χ0v) is 17.9. The van der Waals surface area contributed by atoms with Gasteiger partial charge in [0.15, 0.2) is 5.82 Å². The number of hydrogen-bond acceptors (Lipinski definition) is 5. The van der Waals surface area contributed by atoms with Crippen molar-refractivity contribution >= 4 is 20.9 Å². The summed E-state index contributed by atoms with van der Waals surface area (Å²) in [6, 6.07) is 6.64. The third-order valence-electron chi connectivity index (χ3n) is 6.34. The molecular formula is C22H22FN5O2S. The molecule has 0 radical (unpaired) electrons. The normalized spacial score (nSPS) is 18.0. The average Bonchev–Trinajstić information content (AvgIpc) is 3.51. The van der Waals surface area contributed by atoms with Crippen LogP contribution in [0.1, 0.15) is 50.6 Å². The van der Waals surface area contributed by atoms with E-state index in [4.69, 9.17) is 0 Å². The van der Waals surface area contributed by atoms with Gasteiger partial charge >= 0.3 is 0 Å². The number of rotatable bonds is 6. The predicted octanol–water partition coefficient (Wildman–Crippen LogP) is 3.91. The summed E-state index contributed by atoms with van der Waals surface area (Å²) in [6.45, 7) is 1.86. The molecule has 0 amide bonds. The van der Waals surface area contributed by atoms with Crippen LogP contribution >= 0.6 is 0 Å². The van der Waals surface area contributed by atoms with Gasteiger partial charge in [-0.2, -0.15) is 5.26 Å². The van der Waals surface area contributed by atoms with Crippen LogP contribution in [0, 0.1) is 23.1 Å². The molecule has 0 unspecified atom stereocenters. The SMILES string of the molecule is C[C@H](NS(=O)(=O)c1cnc(-c2c(C#N)c3cc(F)ccc3n2C2CCC2)nc1)C1CC1. The number of aromatic nitrogens is 3. The minimum atomic E-state index is -3.73. The molecule has 31 heavy (non-hydrogen) atoms. The standard InChI is InChI=1S/C22H22FN5O2S/c1-13(14-5-6-14)27-31(29,30)17-11-25-22(26-12-17)21-19(10-24)18-9-15(23)7-8-20(18)28(21)16-3-2-4-16/h7-9,11-14,16,27H,2-6H2,1H3/t13-/m0/s1. The number of halogens is 1. The van der Waals surface area contributed by atoms with E-state index in [1.165, 1.54) is 24.5 Å². The topological polar surface area (TPSA) is 101 Å². The fourth-order valence-electron chi connectivity index (χ4n) is 4.23. The molecule has 5 rings (SSSR count). The Bertz CT molecular complexity index is 1300. The lowest BCUT2D eigenvalue weighted by Crippen LogP contribution is -2.34. The molecule has 1 N–H and O–H groups in total. The molecule has 1 atom stereocenters. The predicted molar refractivity (Wildman–Crippen MR) is 113 cm³/mol. The van der Waals surface area contributed by atoms with Gasteiger partial charge in [0, 0.05) is 17.5 Å². The lowest BCUT2D eigenvalue weighted by molar-refractivity contribution is 0.323. The summed E-state index contributed by atoms with van der Waals surface area (Å²) in [6.07, 6.45) is 7.59. The minimum Gasteiger partial charge on any atom is -0.334 e. The highest BCUT2D eigenvalue weighted by molar-refractivity contribution is 7.89. The van der Waals surface area contributed by atoms with E-state index in [0.717, 1.165) is 37.6 Å². The van der Waals surface area contributed by atoms with E-state index >= 15 is 0 Å². The van der Waals surface area contributed by atoms with Crippen LogP contribution in [-0.2, 0) is 10.0 Å². The number of nitrogens with zero attached hydrogens (tertiary/aromatic N) is 4. The molecule has 2 fully saturated rings.